The number of rotatable bonds is 6. The Labute approximate surface area is 162 Å². The van der Waals surface area contributed by atoms with E-state index in [4.69, 9.17) is 10.8 Å². The fourth-order valence-corrected chi connectivity index (χ4v) is 4.40. The number of nitrogens with two attached hydrogens (primary N) is 1. The quantitative estimate of drug-likeness (QED) is 0.533. The van der Waals surface area contributed by atoms with Gasteiger partial charge in [0.15, 0.2) is 9.47 Å². The molecule has 136 valence electrons. The van der Waals surface area contributed by atoms with Crippen molar-refractivity contribution in [3.05, 3.63) is 34.8 Å². The minimum atomic E-state index is -0.352. The van der Waals surface area contributed by atoms with Gasteiger partial charge in [0, 0.05) is 30.1 Å². The summed E-state index contributed by atoms with van der Waals surface area (Å²) in [5.74, 6) is -0.352. The molecule has 0 spiro atoms. The van der Waals surface area contributed by atoms with E-state index < -0.39 is 0 Å². The van der Waals surface area contributed by atoms with E-state index in [0.717, 1.165) is 14.4 Å². The summed E-state index contributed by atoms with van der Waals surface area (Å²) < 4.78 is 0.775. The van der Waals surface area contributed by atoms with Crippen LogP contribution in [0.25, 0.3) is 0 Å². The Bertz CT molecular complexity index is 924. The van der Waals surface area contributed by atoms with Gasteiger partial charge in [-0.05, 0) is 18.2 Å². The number of anilines is 3. The van der Waals surface area contributed by atoms with Crippen LogP contribution in [0.15, 0.2) is 32.8 Å². The molecular formula is C15H16N6O2S3. The Kier molecular flexibility index (Phi) is 5.71. The molecule has 0 aliphatic carbocycles. The van der Waals surface area contributed by atoms with Crippen molar-refractivity contribution in [3.8, 4) is 0 Å². The molecule has 1 aromatic carbocycles. The first-order valence-electron chi connectivity index (χ1n) is 7.41. The number of carbonyl (C=O) groups excluding carboxylic acids is 1. The molecule has 8 nitrogen and oxygen atoms in total. The fourth-order valence-electron chi connectivity index (χ4n) is 1.92. The van der Waals surface area contributed by atoms with Crippen molar-refractivity contribution in [2.75, 3.05) is 30.0 Å². The molecule has 3 aromatic rings. The lowest BCUT2D eigenvalue weighted by molar-refractivity contribution is 0.102. The summed E-state index contributed by atoms with van der Waals surface area (Å²) in [7, 11) is 3.81. The van der Waals surface area contributed by atoms with Crippen LogP contribution in [-0.4, -0.2) is 40.3 Å². The minimum Gasteiger partial charge on any atom is -0.398 e. The number of aliphatic hydroxyl groups is 1. The second-order valence-electron chi connectivity index (χ2n) is 5.35. The monoisotopic (exact) mass is 408 g/mol. The number of thiazole rings is 1. The van der Waals surface area contributed by atoms with Crippen LogP contribution in [0.4, 0.5) is 16.0 Å². The molecule has 0 fully saturated rings. The van der Waals surface area contributed by atoms with E-state index in [0.29, 0.717) is 22.1 Å². The number of benzene rings is 1. The molecule has 4 N–H and O–H groups in total. The number of carbonyl (C=O) groups is 1. The third kappa shape index (κ3) is 4.30. The predicted octanol–water partition coefficient (Wildman–Crippen LogP) is 2.54. The molecule has 0 bridgehead atoms. The van der Waals surface area contributed by atoms with Crippen molar-refractivity contribution in [2.24, 2.45) is 0 Å². The van der Waals surface area contributed by atoms with Gasteiger partial charge in [0.25, 0.3) is 5.91 Å². The van der Waals surface area contributed by atoms with Crippen molar-refractivity contribution < 1.29 is 9.90 Å². The van der Waals surface area contributed by atoms with Gasteiger partial charge in [0.2, 0.25) is 5.13 Å². The maximum atomic E-state index is 12.5. The number of nitrogens with one attached hydrogen (secondary N) is 1. The van der Waals surface area contributed by atoms with E-state index in [2.05, 4.69) is 20.5 Å². The molecule has 0 aliphatic heterocycles. The summed E-state index contributed by atoms with van der Waals surface area (Å²) >= 11 is 4.13. The van der Waals surface area contributed by atoms with Gasteiger partial charge >= 0.3 is 0 Å². The average molecular weight is 409 g/mol. The molecule has 0 radical (unpaired) electrons. The Morgan fingerprint density at radius 3 is 2.85 bits per heavy atom. The Morgan fingerprint density at radius 1 is 1.38 bits per heavy atom. The van der Waals surface area contributed by atoms with Gasteiger partial charge in [0.1, 0.15) is 0 Å². The van der Waals surface area contributed by atoms with Crippen molar-refractivity contribution in [2.45, 2.75) is 15.8 Å². The number of hydrogen-bond donors (Lipinski definition) is 3. The standard InChI is InChI=1S/C15H16N6O2S3/c1-21(2)14-19-20-15(26-14)25-9-3-4-11(16)10(5-9)12(23)18-13-17-8(6-22)7-24-13/h3-5,7,22H,6,16H2,1-2H3,(H,17,18,23). The molecule has 2 aromatic heterocycles. The lowest BCUT2D eigenvalue weighted by Crippen LogP contribution is -2.14. The molecule has 11 heteroatoms. The summed E-state index contributed by atoms with van der Waals surface area (Å²) in [6.07, 6.45) is 0. The third-order valence-corrected chi connectivity index (χ3v) is 6.13. The molecule has 26 heavy (non-hydrogen) atoms. The molecule has 2 heterocycles. The van der Waals surface area contributed by atoms with Crippen LogP contribution in [0, 0.1) is 0 Å². The van der Waals surface area contributed by atoms with Gasteiger partial charge in [-0.25, -0.2) is 4.98 Å². The van der Waals surface area contributed by atoms with Crippen molar-refractivity contribution in [1.29, 1.82) is 0 Å². The molecule has 0 unspecified atom stereocenters. The smallest absolute Gasteiger partial charge is 0.259 e. The van der Waals surface area contributed by atoms with Crippen LogP contribution < -0.4 is 16.0 Å². The number of aromatic nitrogens is 3. The van der Waals surface area contributed by atoms with E-state index in [1.165, 1.54) is 34.4 Å². The van der Waals surface area contributed by atoms with E-state index in [9.17, 15) is 4.79 Å². The second-order valence-corrected chi connectivity index (χ2v) is 8.49. The first-order valence-corrected chi connectivity index (χ1v) is 9.92. The zero-order valence-electron chi connectivity index (χ0n) is 14.0. The maximum Gasteiger partial charge on any atom is 0.259 e. The van der Waals surface area contributed by atoms with Crippen molar-refractivity contribution in [3.63, 3.8) is 0 Å². The number of hydrogen-bond acceptors (Lipinski definition) is 10. The second kappa shape index (κ2) is 7.99. The molecule has 0 saturated carbocycles. The lowest BCUT2D eigenvalue weighted by Gasteiger charge is -2.07. The third-order valence-electron chi connectivity index (χ3n) is 3.19. The highest BCUT2D eigenvalue weighted by Gasteiger charge is 2.15. The lowest BCUT2D eigenvalue weighted by atomic mass is 10.1. The molecule has 1 amide bonds. The molecule has 0 saturated heterocycles. The number of nitrogen functional groups attached to an aromatic ring is 1. The Balaban J connectivity index is 1.76. The first-order chi connectivity index (χ1) is 12.5. The van der Waals surface area contributed by atoms with Gasteiger partial charge in [-0.2, -0.15) is 0 Å². The number of amides is 1. The van der Waals surface area contributed by atoms with Gasteiger partial charge in [0.05, 0.1) is 17.9 Å². The van der Waals surface area contributed by atoms with Crippen molar-refractivity contribution in [1.82, 2.24) is 15.2 Å². The predicted molar refractivity (Wildman–Crippen MR) is 105 cm³/mol. The Hall–Kier alpha value is -2.21. The SMILES string of the molecule is CN(C)c1nnc(Sc2ccc(N)c(C(=O)Nc3nc(CO)cs3)c2)s1. The van der Waals surface area contributed by atoms with Gasteiger partial charge in [-0.3, -0.25) is 10.1 Å². The minimum absolute atomic E-state index is 0.169. The van der Waals surface area contributed by atoms with Crippen molar-refractivity contribution >= 4 is 56.3 Å². The largest absolute Gasteiger partial charge is 0.398 e. The van der Waals surface area contributed by atoms with Crippen LogP contribution in [0.3, 0.4) is 0 Å². The molecular weight excluding hydrogens is 392 g/mol. The highest BCUT2D eigenvalue weighted by Crippen LogP contribution is 2.34. The topological polar surface area (TPSA) is 117 Å². The fraction of sp³-hybridized carbons (Fsp3) is 0.200. The highest BCUT2D eigenvalue weighted by atomic mass is 32.2. The highest BCUT2D eigenvalue weighted by molar-refractivity contribution is 8.01. The van der Waals surface area contributed by atoms with Crippen LogP contribution in [0.1, 0.15) is 16.1 Å². The zero-order chi connectivity index (χ0) is 18.7. The number of aliphatic hydroxyl groups excluding tert-OH is 1. The zero-order valence-corrected chi connectivity index (χ0v) is 16.4. The van der Waals surface area contributed by atoms with Gasteiger partial charge in [-0.1, -0.05) is 23.1 Å². The first kappa shape index (κ1) is 18.6. The molecule has 0 atom stereocenters. The van der Waals surface area contributed by atoms with E-state index >= 15 is 0 Å². The van der Waals surface area contributed by atoms with Crippen LogP contribution in [0.5, 0.6) is 0 Å². The van der Waals surface area contributed by atoms with E-state index in [-0.39, 0.29) is 12.5 Å². The van der Waals surface area contributed by atoms with Crippen LogP contribution >= 0.6 is 34.4 Å². The van der Waals surface area contributed by atoms with Crippen LogP contribution in [0.2, 0.25) is 0 Å². The Morgan fingerprint density at radius 2 is 2.19 bits per heavy atom. The summed E-state index contributed by atoms with van der Waals surface area (Å²) in [6.45, 7) is -0.169. The normalized spacial score (nSPS) is 10.7. The van der Waals surface area contributed by atoms with Crippen LogP contribution in [-0.2, 0) is 6.61 Å². The summed E-state index contributed by atoms with van der Waals surface area (Å²) in [4.78, 5) is 19.3. The van der Waals surface area contributed by atoms with Gasteiger partial charge in [-0.15, -0.1) is 21.5 Å². The summed E-state index contributed by atoms with van der Waals surface area (Å²) in [6, 6.07) is 5.24. The van der Waals surface area contributed by atoms with Gasteiger partial charge < -0.3 is 15.7 Å². The number of nitrogens with zero attached hydrogens (tertiary/aromatic N) is 4. The summed E-state index contributed by atoms with van der Waals surface area (Å²) in [5.41, 5.74) is 7.19. The van der Waals surface area contributed by atoms with E-state index in [1.54, 1.807) is 17.5 Å². The van der Waals surface area contributed by atoms with E-state index in [1.807, 2.05) is 25.1 Å². The summed E-state index contributed by atoms with van der Waals surface area (Å²) in [5, 5.41) is 22.9. The molecule has 0 aliphatic rings. The molecule has 3 rings (SSSR count). The maximum absolute atomic E-state index is 12.5. The average Bonchev–Trinajstić information content (AvgIpc) is 3.26.